The van der Waals surface area contributed by atoms with E-state index in [4.69, 9.17) is 0 Å². The molecule has 0 saturated heterocycles. The van der Waals surface area contributed by atoms with Crippen LogP contribution in [0, 0.1) is 27.7 Å². The third-order valence-corrected chi connectivity index (χ3v) is 5.04. The zero-order valence-electron chi connectivity index (χ0n) is 18.3. The minimum atomic E-state index is -0.194. The van der Waals surface area contributed by atoms with Gasteiger partial charge in [0.05, 0.1) is 5.69 Å². The highest BCUT2D eigenvalue weighted by molar-refractivity contribution is 6.10. The van der Waals surface area contributed by atoms with Gasteiger partial charge in [0.1, 0.15) is 0 Å². The molecule has 156 valence electrons. The lowest BCUT2D eigenvalue weighted by Crippen LogP contribution is -2.36. The number of carbonyl (C=O) groups is 1. The Hall–Kier alpha value is -3.41. The molecule has 0 aliphatic carbocycles. The molecule has 1 heterocycles. The van der Waals surface area contributed by atoms with E-state index in [9.17, 15) is 4.79 Å². The lowest BCUT2D eigenvalue weighted by Gasteiger charge is -2.13. The van der Waals surface area contributed by atoms with E-state index >= 15 is 0 Å². The molecule has 0 fully saturated rings. The van der Waals surface area contributed by atoms with Crippen LogP contribution in [-0.4, -0.2) is 28.2 Å². The highest BCUT2D eigenvalue weighted by atomic mass is 16.1. The zero-order chi connectivity index (χ0) is 21.7. The third kappa shape index (κ3) is 5.35. The molecule has 0 radical (unpaired) electrons. The lowest BCUT2D eigenvalue weighted by atomic mass is 10.1. The fourth-order valence-corrected chi connectivity index (χ4v) is 3.52. The summed E-state index contributed by atoms with van der Waals surface area (Å²) in [5.74, 6) is 0.244. The molecule has 3 rings (SSSR count). The Morgan fingerprint density at radius 1 is 1.03 bits per heavy atom. The van der Waals surface area contributed by atoms with Gasteiger partial charge in [-0.1, -0.05) is 24.3 Å². The number of hydrogen-bond acceptors (Lipinski definition) is 3. The van der Waals surface area contributed by atoms with Gasteiger partial charge in [0.25, 0.3) is 5.91 Å². The molecule has 30 heavy (non-hydrogen) atoms. The van der Waals surface area contributed by atoms with Crippen LogP contribution in [-0.2, 0) is 13.5 Å². The summed E-state index contributed by atoms with van der Waals surface area (Å²) in [6.45, 7) is 8.70. The predicted molar refractivity (Wildman–Crippen MR) is 122 cm³/mol. The van der Waals surface area contributed by atoms with E-state index in [1.165, 1.54) is 5.56 Å². The van der Waals surface area contributed by atoms with E-state index in [-0.39, 0.29) is 5.91 Å². The highest BCUT2D eigenvalue weighted by Crippen LogP contribution is 2.15. The van der Waals surface area contributed by atoms with E-state index in [0.29, 0.717) is 18.1 Å². The van der Waals surface area contributed by atoms with E-state index < -0.39 is 0 Å². The molecule has 0 spiro atoms. The summed E-state index contributed by atoms with van der Waals surface area (Å²) >= 11 is 0. The smallest absolute Gasteiger partial charge is 0.257 e. The Morgan fingerprint density at radius 2 is 1.70 bits per heavy atom. The van der Waals surface area contributed by atoms with Gasteiger partial charge < -0.3 is 5.32 Å². The van der Waals surface area contributed by atoms with Crippen LogP contribution < -0.4 is 10.6 Å². The molecule has 6 heteroatoms. The van der Waals surface area contributed by atoms with Gasteiger partial charge in [0, 0.05) is 30.5 Å². The molecule has 1 amide bonds. The molecule has 2 N–H and O–H groups in total. The normalized spacial score (nSPS) is 11.4. The van der Waals surface area contributed by atoms with Crippen molar-refractivity contribution in [1.82, 2.24) is 15.1 Å². The van der Waals surface area contributed by atoms with Crippen LogP contribution in [0.2, 0.25) is 0 Å². The first kappa shape index (κ1) is 21.3. The summed E-state index contributed by atoms with van der Waals surface area (Å²) in [7, 11) is 1.95. The third-order valence-electron chi connectivity index (χ3n) is 5.04. The van der Waals surface area contributed by atoms with Crippen molar-refractivity contribution in [3.63, 3.8) is 0 Å². The Labute approximate surface area is 178 Å². The monoisotopic (exact) mass is 403 g/mol. The van der Waals surface area contributed by atoms with Gasteiger partial charge >= 0.3 is 0 Å². The molecular weight excluding hydrogens is 374 g/mol. The first-order chi connectivity index (χ1) is 14.3. The first-order valence-corrected chi connectivity index (χ1v) is 10.1. The number of aryl methyl sites for hydroxylation is 4. The average Bonchev–Trinajstić information content (AvgIpc) is 2.93. The Balaban J connectivity index is 1.80. The summed E-state index contributed by atoms with van der Waals surface area (Å²) < 4.78 is 1.89. The number of rotatable bonds is 5. The topological polar surface area (TPSA) is 71.3 Å². The molecule has 3 aromatic rings. The van der Waals surface area contributed by atoms with Crippen LogP contribution in [0.3, 0.4) is 0 Å². The fourth-order valence-electron chi connectivity index (χ4n) is 3.52. The maximum absolute atomic E-state index is 12.7. The van der Waals surface area contributed by atoms with Crippen LogP contribution in [0.1, 0.15) is 38.4 Å². The SMILES string of the molecule is Cc1cc(C)cc(NC(=NCCc2c(C)nn(C)c2C)NC(=O)c2ccccc2)c1. The van der Waals surface area contributed by atoms with Gasteiger partial charge in [0.2, 0.25) is 5.96 Å². The molecule has 2 aromatic carbocycles. The predicted octanol–water partition coefficient (Wildman–Crippen LogP) is 4.09. The number of carbonyl (C=O) groups excluding carboxylic acids is 1. The minimum Gasteiger partial charge on any atom is -0.326 e. The molecule has 0 aliphatic rings. The number of aliphatic imine (C=N–C) groups is 1. The van der Waals surface area contributed by atoms with Crippen molar-refractivity contribution in [3.05, 3.63) is 82.2 Å². The van der Waals surface area contributed by atoms with Crippen molar-refractivity contribution in [3.8, 4) is 0 Å². The van der Waals surface area contributed by atoms with Crippen LogP contribution in [0.4, 0.5) is 5.69 Å². The maximum Gasteiger partial charge on any atom is 0.257 e. The largest absolute Gasteiger partial charge is 0.326 e. The van der Waals surface area contributed by atoms with Gasteiger partial charge in [-0.25, -0.2) is 0 Å². The second-order valence-electron chi connectivity index (χ2n) is 7.57. The summed E-state index contributed by atoms with van der Waals surface area (Å²) in [6.07, 6.45) is 0.755. The van der Waals surface area contributed by atoms with Crippen LogP contribution in [0.15, 0.2) is 53.5 Å². The van der Waals surface area contributed by atoms with Crippen molar-refractivity contribution in [1.29, 1.82) is 0 Å². The highest BCUT2D eigenvalue weighted by Gasteiger charge is 2.11. The molecule has 0 unspecified atom stereocenters. The maximum atomic E-state index is 12.7. The standard InChI is InChI=1S/C24H29N5O/c1-16-13-17(2)15-21(14-16)26-24(27-23(30)20-9-7-6-8-10-20)25-12-11-22-18(3)28-29(5)19(22)4/h6-10,13-15H,11-12H2,1-5H3,(H2,25,26,27,30). The number of benzene rings is 2. The molecule has 0 atom stereocenters. The number of nitrogens with zero attached hydrogens (tertiary/aromatic N) is 3. The first-order valence-electron chi connectivity index (χ1n) is 10.1. The van der Waals surface area contributed by atoms with Crippen molar-refractivity contribution in [2.75, 3.05) is 11.9 Å². The number of hydrogen-bond donors (Lipinski definition) is 2. The summed E-state index contributed by atoms with van der Waals surface area (Å²) in [6, 6.07) is 15.3. The summed E-state index contributed by atoms with van der Waals surface area (Å²) in [5.41, 5.74) is 7.13. The molecular formula is C24H29N5O. The molecule has 0 bridgehead atoms. The molecule has 6 nitrogen and oxygen atoms in total. The van der Waals surface area contributed by atoms with Crippen LogP contribution >= 0.6 is 0 Å². The van der Waals surface area contributed by atoms with Gasteiger partial charge in [-0.3, -0.25) is 19.8 Å². The van der Waals surface area contributed by atoms with E-state index in [0.717, 1.165) is 34.6 Å². The fraction of sp³-hybridized carbons (Fsp3) is 0.292. The van der Waals surface area contributed by atoms with E-state index in [1.807, 2.05) is 62.8 Å². The Kier molecular flexibility index (Phi) is 6.67. The van der Waals surface area contributed by atoms with Crippen LogP contribution in [0.5, 0.6) is 0 Å². The van der Waals surface area contributed by atoms with E-state index in [2.05, 4.69) is 33.7 Å². The zero-order valence-corrected chi connectivity index (χ0v) is 18.3. The second kappa shape index (κ2) is 9.39. The van der Waals surface area contributed by atoms with Crippen LogP contribution in [0.25, 0.3) is 0 Å². The van der Waals surface area contributed by atoms with Gasteiger partial charge in [0.15, 0.2) is 0 Å². The molecule has 0 aliphatic heterocycles. The summed E-state index contributed by atoms with van der Waals surface area (Å²) in [4.78, 5) is 17.3. The minimum absolute atomic E-state index is 0.194. The molecule has 1 aromatic heterocycles. The van der Waals surface area contributed by atoms with Crippen molar-refractivity contribution < 1.29 is 4.79 Å². The average molecular weight is 404 g/mol. The Morgan fingerprint density at radius 3 is 2.30 bits per heavy atom. The van der Waals surface area contributed by atoms with Gasteiger partial charge in [-0.2, -0.15) is 5.10 Å². The number of amides is 1. The number of nitrogens with one attached hydrogen (secondary N) is 2. The molecule has 0 saturated carbocycles. The Bertz CT molecular complexity index is 1050. The number of aromatic nitrogens is 2. The van der Waals surface area contributed by atoms with Crippen molar-refractivity contribution >= 4 is 17.6 Å². The summed E-state index contributed by atoms with van der Waals surface area (Å²) in [5, 5.41) is 10.7. The second-order valence-corrected chi connectivity index (χ2v) is 7.57. The van der Waals surface area contributed by atoms with Crippen molar-refractivity contribution in [2.45, 2.75) is 34.1 Å². The quantitative estimate of drug-likeness (QED) is 0.498. The number of anilines is 1. The number of guanidine groups is 1. The van der Waals surface area contributed by atoms with E-state index in [1.54, 1.807) is 12.1 Å². The van der Waals surface area contributed by atoms with Crippen molar-refractivity contribution in [2.24, 2.45) is 12.0 Å². The van der Waals surface area contributed by atoms with Gasteiger partial charge in [-0.15, -0.1) is 0 Å². The lowest BCUT2D eigenvalue weighted by molar-refractivity contribution is 0.0977. The van der Waals surface area contributed by atoms with Gasteiger partial charge in [-0.05, 0) is 75.1 Å².